The summed E-state index contributed by atoms with van der Waals surface area (Å²) in [6.07, 6.45) is 3.77. The summed E-state index contributed by atoms with van der Waals surface area (Å²) < 4.78 is 5.07. The van der Waals surface area contributed by atoms with Crippen molar-refractivity contribution in [2.24, 2.45) is 0 Å². The summed E-state index contributed by atoms with van der Waals surface area (Å²) >= 11 is 6.41. The molecule has 4 heteroatoms. The first-order valence-electron chi connectivity index (χ1n) is 7.51. The maximum Gasteiger partial charge on any atom is 0.0587 e. The molecule has 1 aliphatic rings. The van der Waals surface area contributed by atoms with Crippen molar-refractivity contribution in [1.82, 2.24) is 5.32 Å². The minimum atomic E-state index is 0.659. The zero-order valence-electron chi connectivity index (χ0n) is 12.5. The fourth-order valence-electron chi connectivity index (χ4n) is 2.96. The molecule has 1 atom stereocenters. The predicted octanol–water partition coefficient (Wildman–Crippen LogP) is 3.45. The number of nitrogens with zero attached hydrogens (tertiary/aromatic N) is 1. The monoisotopic (exact) mass is 296 g/mol. The fourth-order valence-corrected chi connectivity index (χ4v) is 3.19. The van der Waals surface area contributed by atoms with Gasteiger partial charge in [-0.15, -0.1) is 0 Å². The Labute approximate surface area is 127 Å². The molecule has 0 bridgehead atoms. The Kier molecular flexibility index (Phi) is 6.14. The Hall–Kier alpha value is -0.770. The number of hydrogen-bond acceptors (Lipinski definition) is 3. The molecule has 1 heterocycles. The fraction of sp³-hybridized carbons (Fsp3) is 0.625. The quantitative estimate of drug-likeness (QED) is 0.780. The highest BCUT2D eigenvalue weighted by Crippen LogP contribution is 2.33. The van der Waals surface area contributed by atoms with Gasteiger partial charge in [0.15, 0.2) is 0 Å². The Bertz CT molecular complexity index is 425. The summed E-state index contributed by atoms with van der Waals surface area (Å²) in [4.78, 5) is 2.53. The number of anilines is 1. The van der Waals surface area contributed by atoms with Gasteiger partial charge in [-0.25, -0.2) is 0 Å². The Balaban J connectivity index is 2.13. The summed E-state index contributed by atoms with van der Waals surface area (Å²) in [6, 6.07) is 6.90. The molecule has 1 aromatic carbocycles. The average Bonchev–Trinajstić information content (AvgIpc) is 2.93. The third-order valence-corrected chi connectivity index (χ3v) is 4.39. The van der Waals surface area contributed by atoms with Gasteiger partial charge in [-0.2, -0.15) is 0 Å². The van der Waals surface area contributed by atoms with E-state index in [1.54, 1.807) is 7.11 Å². The van der Waals surface area contributed by atoms with Crippen LogP contribution in [0.3, 0.4) is 0 Å². The molecule has 0 saturated carbocycles. The third-order valence-electron chi connectivity index (χ3n) is 4.04. The van der Waals surface area contributed by atoms with Gasteiger partial charge in [0.05, 0.1) is 6.61 Å². The van der Waals surface area contributed by atoms with Crippen molar-refractivity contribution in [3.8, 4) is 0 Å². The molecule has 0 aromatic heterocycles. The molecule has 0 amide bonds. The van der Waals surface area contributed by atoms with Crippen LogP contribution in [0, 0.1) is 0 Å². The van der Waals surface area contributed by atoms with Crippen LogP contribution in [0.15, 0.2) is 18.2 Å². The van der Waals surface area contributed by atoms with E-state index in [0.29, 0.717) is 6.04 Å². The van der Waals surface area contributed by atoms with Crippen molar-refractivity contribution in [3.05, 3.63) is 28.8 Å². The first kappa shape index (κ1) is 15.6. The summed E-state index contributed by atoms with van der Waals surface area (Å²) in [5.41, 5.74) is 2.51. The lowest BCUT2D eigenvalue weighted by Gasteiger charge is -2.28. The third kappa shape index (κ3) is 3.66. The molecule has 0 spiro atoms. The Morgan fingerprint density at radius 3 is 3.05 bits per heavy atom. The van der Waals surface area contributed by atoms with E-state index in [1.165, 1.54) is 30.5 Å². The molecular formula is C16H25ClN2O. The molecule has 1 aliphatic heterocycles. The predicted molar refractivity (Wildman–Crippen MR) is 85.7 cm³/mol. The SMILES string of the molecule is CCC1CCCN1c1cccc(Cl)c1CNCCOC. The lowest BCUT2D eigenvalue weighted by molar-refractivity contribution is 0.199. The van der Waals surface area contributed by atoms with Crippen LogP contribution < -0.4 is 10.2 Å². The van der Waals surface area contributed by atoms with Crippen molar-refractivity contribution < 1.29 is 4.74 Å². The van der Waals surface area contributed by atoms with Crippen LogP contribution in [0.4, 0.5) is 5.69 Å². The minimum Gasteiger partial charge on any atom is -0.383 e. The number of rotatable bonds is 7. The van der Waals surface area contributed by atoms with Gasteiger partial charge >= 0.3 is 0 Å². The van der Waals surface area contributed by atoms with Gasteiger partial charge in [0.1, 0.15) is 0 Å². The first-order valence-corrected chi connectivity index (χ1v) is 7.89. The van der Waals surface area contributed by atoms with Crippen LogP contribution in [0.25, 0.3) is 0 Å². The molecule has 2 rings (SSSR count). The molecule has 20 heavy (non-hydrogen) atoms. The van der Waals surface area contributed by atoms with Crippen molar-refractivity contribution in [2.75, 3.05) is 31.7 Å². The average molecular weight is 297 g/mol. The van der Waals surface area contributed by atoms with E-state index in [2.05, 4.69) is 29.3 Å². The molecule has 112 valence electrons. The van der Waals surface area contributed by atoms with Crippen LogP contribution in [0.1, 0.15) is 31.7 Å². The van der Waals surface area contributed by atoms with Crippen molar-refractivity contribution in [3.63, 3.8) is 0 Å². The molecular weight excluding hydrogens is 272 g/mol. The second-order valence-electron chi connectivity index (χ2n) is 5.30. The van der Waals surface area contributed by atoms with Crippen molar-refractivity contribution in [1.29, 1.82) is 0 Å². The van der Waals surface area contributed by atoms with E-state index in [9.17, 15) is 0 Å². The molecule has 3 nitrogen and oxygen atoms in total. The Morgan fingerprint density at radius 2 is 2.30 bits per heavy atom. The van der Waals surface area contributed by atoms with Gasteiger partial charge in [0.2, 0.25) is 0 Å². The molecule has 0 aliphatic carbocycles. The zero-order valence-corrected chi connectivity index (χ0v) is 13.2. The lowest BCUT2D eigenvalue weighted by atomic mass is 10.1. The molecule has 1 N–H and O–H groups in total. The minimum absolute atomic E-state index is 0.659. The number of methoxy groups -OCH3 is 1. The standard InChI is InChI=1S/C16H25ClN2O/c1-3-13-6-5-10-19(13)16-8-4-7-15(17)14(16)12-18-9-11-20-2/h4,7-8,13,18H,3,5-6,9-12H2,1-2H3. The van der Waals surface area contributed by atoms with E-state index in [0.717, 1.165) is 31.3 Å². The highest BCUT2D eigenvalue weighted by atomic mass is 35.5. The molecule has 0 radical (unpaired) electrons. The van der Waals surface area contributed by atoms with Gasteiger partial charge < -0.3 is 15.0 Å². The Morgan fingerprint density at radius 1 is 1.45 bits per heavy atom. The number of nitrogens with one attached hydrogen (secondary N) is 1. The van der Waals surface area contributed by atoms with Crippen LogP contribution in [0.2, 0.25) is 5.02 Å². The van der Waals surface area contributed by atoms with Gasteiger partial charge in [0.25, 0.3) is 0 Å². The van der Waals surface area contributed by atoms with E-state index in [-0.39, 0.29) is 0 Å². The summed E-state index contributed by atoms with van der Waals surface area (Å²) in [5.74, 6) is 0. The van der Waals surface area contributed by atoms with Crippen LogP contribution in [0.5, 0.6) is 0 Å². The van der Waals surface area contributed by atoms with Gasteiger partial charge in [-0.05, 0) is 31.4 Å². The van der Waals surface area contributed by atoms with Crippen molar-refractivity contribution in [2.45, 2.75) is 38.8 Å². The second-order valence-corrected chi connectivity index (χ2v) is 5.71. The molecule has 1 unspecified atom stereocenters. The maximum absolute atomic E-state index is 6.41. The van der Waals surface area contributed by atoms with Crippen LogP contribution in [-0.4, -0.2) is 32.8 Å². The van der Waals surface area contributed by atoms with Crippen LogP contribution in [-0.2, 0) is 11.3 Å². The van der Waals surface area contributed by atoms with Gasteiger partial charge in [0, 0.05) is 49.1 Å². The molecule has 1 fully saturated rings. The zero-order chi connectivity index (χ0) is 14.4. The normalized spacial score (nSPS) is 18.8. The van der Waals surface area contributed by atoms with Gasteiger partial charge in [-0.3, -0.25) is 0 Å². The number of benzene rings is 1. The van der Waals surface area contributed by atoms with E-state index >= 15 is 0 Å². The number of ether oxygens (including phenoxy) is 1. The number of hydrogen-bond donors (Lipinski definition) is 1. The van der Waals surface area contributed by atoms with Crippen molar-refractivity contribution >= 4 is 17.3 Å². The molecule has 1 saturated heterocycles. The summed E-state index contributed by atoms with van der Waals surface area (Å²) in [5, 5.41) is 4.26. The lowest BCUT2D eigenvalue weighted by Crippen LogP contribution is -2.30. The van der Waals surface area contributed by atoms with E-state index in [1.807, 2.05) is 6.07 Å². The summed E-state index contributed by atoms with van der Waals surface area (Å²) in [6.45, 7) is 5.78. The highest BCUT2D eigenvalue weighted by molar-refractivity contribution is 6.31. The summed E-state index contributed by atoms with van der Waals surface area (Å²) in [7, 11) is 1.72. The maximum atomic E-state index is 6.41. The van der Waals surface area contributed by atoms with E-state index in [4.69, 9.17) is 16.3 Å². The van der Waals surface area contributed by atoms with Crippen LogP contribution >= 0.6 is 11.6 Å². The van der Waals surface area contributed by atoms with Gasteiger partial charge in [-0.1, -0.05) is 24.6 Å². The second kappa shape index (κ2) is 7.87. The van der Waals surface area contributed by atoms with E-state index < -0.39 is 0 Å². The largest absolute Gasteiger partial charge is 0.383 e. The topological polar surface area (TPSA) is 24.5 Å². The highest BCUT2D eigenvalue weighted by Gasteiger charge is 2.25. The number of halogens is 1. The smallest absolute Gasteiger partial charge is 0.0587 e. The molecule has 1 aromatic rings. The first-order chi connectivity index (χ1) is 9.77.